The Morgan fingerprint density at radius 2 is 1.72 bits per heavy atom. The number of aryl methyl sites for hydroxylation is 1. The molecular formula is C22H25Cl3N2O2. The maximum absolute atomic E-state index is 13.2. The predicted octanol–water partition coefficient (Wildman–Crippen LogP) is 5.52. The summed E-state index contributed by atoms with van der Waals surface area (Å²) in [4.78, 5) is 27.3. The molecule has 0 aliphatic rings. The maximum atomic E-state index is 13.2. The van der Waals surface area contributed by atoms with Crippen LogP contribution in [0.4, 0.5) is 0 Å². The number of amides is 2. The van der Waals surface area contributed by atoms with Gasteiger partial charge in [-0.1, -0.05) is 66.0 Å². The van der Waals surface area contributed by atoms with Crippen molar-refractivity contribution < 1.29 is 9.59 Å². The molecule has 2 aromatic rings. The number of halogens is 3. The summed E-state index contributed by atoms with van der Waals surface area (Å²) < 4.78 is 0. The molecule has 2 rings (SSSR count). The van der Waals surface area contributed by atoms with Gasteiger partial charge in [0.2, 0.25) is 11.8 Å². The molecular weight excluding hydrogens is 431 g/mol. The van der Waals surface area contributed by atoms with Crippen LogP contribution in [0, 0.1) is 0 Å². The number of likely N-dealkylation sites (N-methyl/N-ethyl adjacent to an activating group) is 1. The van der Waals surface area contributed by atoms with Crippen molar-refractivity contribution in [2.24, 2.45) is 0 Å². The van der Waals surface area contributed by atoms with Crippen LogP contribution in [-0.2, 0) is 22.6 Å². The van der Waals surface area contributed by atoms with Gasteiger partial charge in [-0.05, 0) is 49.1 Å². The van der Waals surface area contributed by atoms with Crippen LogP contribution in [0.2, 0.25) is 15.1 Å². The van der Waals surface area contributed by atoms with Crippen LogP contribution in [0.25, 0.3) is 0 Å². The van der Waals surface area contributed by atoms with Crippen molar-refractivity contribution in [3.8, 4) is 0 Å². The van der Waals surface area contributed by atoms with E-state index in [4.69, 9.17) is 34.8 Å². The lowest BCUT2D eigenvalue weighted by Gasteiger charge is -2.31. The Morgan fingerprint density at radius 1 is 1.00 bits per heavy atom. The van der Waals surface area contributed by atoms with E-state index in [0.29, 0.717) is 34.5 Å². The molecule has 7 heteroatoms. The Labute approximate surface area is 187 Å². The third-order valence-electron chi connectivity index (χ3n) is 4.66. The number of rotatable bonds is 9. The molecule has 0 bridgehead atoms. The minimum absolute atomic E-state index is 0.131. The summed E-state index contributed by atoms with van der Waals surface area (Å²) in [6, 6.07) is 12.0. The van der Waals surface area contributed by atoms with E-state index in [1.54, 1.807) is 29.2 Å². The number of carbonyl (C=O) groups is 2. The average molecular weight is 456 g/mol. The van der Waals surface area contributed by atoms with Crippen molar-refractivity contribution in [3.05, 3.63) is 68.7 Å². The summed E-state index contributed by atoms with van der Waals surface area (Å²) in [5, 5.41) is 4.43. The molecule has 156 valence electrons. The second-order valence-corrected chi connectivity index (χ2v) is 7.92. The lowest BCUT2D eigenvalue weighted by atomic mass is 10.1. The summed E-state index contributed by atoms with van der Waals surface area (Å²) in [6.07, 6.45) is 1.23. The molecule has 0 saturated carbocycles. The molecule has 0 unspecified atom stereocenters. The topological polar surface area (TPSA) is 49.4 Å². The van der Waals surface area contributed by atoms with Crippen molar-refractivity contribution in [1.82, 2.24) is 10.2 Å². The Kier molecular flexibility index (Phi) is 9.28. The van der Waals surface area contributed by atoms with E-state index in [1.807, 2.05) is 32.0 Å². The standard InChI is InChI=1S/C22H25Cl3N2O2/c1-3-20(22(29)26-4-2)27(14-16-9-11-17(23)13-19(16)25)21(28)12-10-15-7-5-6-8-18(15)24/h5-9,11,13,20H,3-4,10,12,14H2,1-2H3,(H,26,29)/t20-/m0/s1. The second-order valence-electron chi connectivity index (χ2n) is 6.67. The lowest BCUT2D eigenvalue weighted by molar-refractivity contribution is -0.141. The number of nitrogens with one attached hydrogen (secondary N) is 1. The first-order valence-electron chi connectivity index (χ1n) is 9.61. The first-order valence-corrected chi connectivity index (χ1v) is 10.7. The first-order chi connectivity index (χ1) is 13.9. The zero-order chi connectivity index (χ0) is 21.4. The quantitative estimate of drug-likeness (QED) is 0.541. The molecule has 2 aromatic carbocycles. The number of nitrogens with zero attached hydrogens (tertiary/aromatic N) is 1. The van der Waals surface area contributed by atoms with E-state index in [0.717, 1.165) is 11.1 Å². The molecule has 1 N–H and O–H groups in total. The van der Waals surface area contributed by atoms with Crippen LogP contribution in [0.3, 0.4) is 0 Å². The van der Waals surface area contributed by atoms with Gasteiger partial charge in [0.1, 0.15) is 6.04 Å². The van der Waals surface area contributed by atoms with Gasteiger partial charge >= 0.3 is 0 Å². The zero-order valence-electron chi connectivity index (χ0n) is 16.6. The highest BCUT2D eigenvalue weighted by Gasteiger charge is 2.28. The maximum Gasteiger partial charge on any atom is 0.242 e. The van der Waals surface area contributed by atoms with Gasteiger partial charge in [-0.3, -0.25) is 9.59 Å². The molecule has 4 nitrogen and oxygen atoms in total. The molecule has 1 atom stereocenters. The molecule has 0 radical (unpaired) electrons. The van der Waals surface area contributed by atoms with E-state index in [-0.39, 0.29) is 24.8 Å². The number of hydrogen-bond donors (Lipinski definition) is 1. The van der Waals surface area contributed by atoms with Gasteiger partial charge in [0.05, 0.1) is 0 Å². The van der Waals surface area contributed by atoms with Gasteiger partial charge in [-0.25, -0.2) is 0 Å². The van der Waals surface area contributed by atoms with Crippen LogP contribution in [0.1, 0.15) is 37.8 Å². The first kappa shape index (κ1) is 23.5. The van der Waals surface area contributed by atoms with E-state index in [1.165, 1.54) is 0 Å². The molecule has 0 fully saturated rings. The Hall–Kier alpha value is -1.75. The van der Waals surface area contributed by atoms with Crippen molar-refractivity contribution in [3.63, 3.8) is 0 Å². The SMILES string of the molecule is CCNC(=O)[C@H](CC)N(Cc1ccc(Cl)cc1Cl)C(=O)CCc1ccccc1Cl. The van der Waals surface area contributed by atoms with Crippen molar-refractivity contribution in [2.45, 2.75) is 45.7 Å². The fourth-order valence-corrected chi connectivity index (χ4v) is 3.83. The highest BCUT2D eigenvalue weighted by Crippen LogP contribution is 2.24. The molecule has 0 aliphatic carbocycles. The summed E-state index contributed by atoms with van der Waals surface area (Å²) in [5.41, 5.74) is 1.64. The minimum atomic E-state index is -0.583. The van der Waals surface area contributed by atoms with Crippen LogP contribution in [-0.4, -0.2) is 29.3 Å². The van der Waals surface area contributed by atoms with E-state index >= 15 is 0 Å². The largest absolute Gasteiger partial charge is 0.355 e. The molecule has 2 amide bonds. The second kappa shape index (κ2) is 11.4. The fourth-order valence-electron chi connectivity index (χ4n) is 3.13. The molecule has 0 aliphatic heterocycles. The lowest BCUT2D eigenvalue weighted by Crippen LogP contribution is -2.49. The smallest absolute Gasteiger partial charge is 0.242 e. The third-order valence-corrected chi connectivity index (χ3v) is 5.61. The van der Waals surface area contributed by atoms with E-state index < -0.39 is 6.04 Å². The zero-order valence-corrected chi connectivity index (χ0v) is 18.8. The summed E-state index contributed by atoms with van der Waals surface area (Å²) >= 11 is 18.5. The average Bonchev–Trinajstić information content (AvgIpc) is 2.68. The number of benzene rings is 2. The number of hydrogen-bond acceptors (Lipinski definition) is 2. The molecule has 0 aromatic heterocycles. The predicted molar refractivity (Wildman–Crippen MR) is 120 cm³/mol. The fraction of sp³-hybridized carbons (Fsp3) is 0.364. The molecule has 29 heavy (non-hydrogen) atoms. The van der Waals surface area contributed by atoms with Crippen LogP contribution in [0.5, 0.6) is 0 Å². The van der Waals surface area contributed by atoms with Gasteiger partial charge in [0.15, 0.2) is 0 Å². The Bertz CT molecular complexity index is 858. The van der Waals surface area contributed by atoms with E-state index in [2.05, 4.69) is 5.32 Å². The molecule has 0 spiro atoms. The summed E-state index contributed by atoms with van der Waals surface area (Å²) in [6.45, 7) is 4.47. The van der Waals surface area contributed by atoms with Crippen LogP contribution < -0.4 is 5.32 Å². The van der Waals surface area contributed by atoms with Crippen LogP contribution >= 0.6 is 34.8 Å². The highest BCUT2D eigenvalue weighted by molar-refractivity contribution is 6.35. The Balaban J connectivity index is 2.25. The van der Waals surface area contributed by atoms with Gasteiger partial charge in [0, 0.05) is 34.6 Å². The van der Waals surface area contributed by atoms with Crippen molar-refractivity contribution >= 4 is 46.6 Å². The van der Waals surface area contributed by atoms with Gasteiger partial charge in [-0.15, -0.1) is 0 Å². The third kappa shape index (κ3) is 6.63. The molecule has 0 heterocycles. The van der Waals surface area contributed by atoms with Gasteiger partial charge in [-0.2, -0.15) is 0 Å². The van der Waals surface area contributed by atoms with Gasteiger partial charge in [0.25, 0.3) is 0 Å². The van der Waals surface area contributed by atoms with E-state index in [9.17, 15) is 9.59 Å². The van der Waals surface area contributed by atoms with Gasteiger partial charge < -0.3 is 10.2 Å². The summed E-state index contributed by atoms with van der Waals surface area (Å²) in [5.74, 6) is -0.305. The number of carbonyl (C=O) groups excluding carboxylic acids is 2. The summed E-state index contributed by atoms with van der Waals surface area (Å²) in [7, 11) is 0. The Morgan fingerprint density at radius 3 is 2.34 bits per heavy atom. The van der Waals surface area contributed by atoms with Crippen LogP contribution in [0.15, 0.2) is 42.5 Å². The monoisotopic (exact) mass is 454 g/mol. The van der Waals surface area contributed by atoms with Crippen molar-refractivity contribution in [2.75, 3.05) is 6.54 Å². The van der Waals surface area contributed by atoms with Crippen molar-refractivity contribution in [1.29, 1.82) is 0 Å². The minimum Gasteiger partial charge on any atom is -0.355 e. The normalized spacial score (nSPS) is 11.8. The highest BCUT2D eigenvalue weighted by atomic mass is 35.5. The molecule has 0 saturated heterocycles.